The van der Waals surface area contributed by atoms with Crippen LogP contribution in [0.4, 0.5) is 0 Å². The van der Waals surface area contributed by atoms with E-state index in [-0.39, 0.29) is 11.2 Å². The largest absolute Gasteiger partial charge is 0.440 e. The molecule has 0 spiro atoms. The van der Waals surface area contributed by atoms with Crippen molar-refractivity contribution in [3.05, 3.63) is 41.4 Å². The van der Waals surface area contributed by atoms with E-state index in [1.807, 2.05) is 43.1 Å². The normalized spacial score (nSPS) is 16.7. The minimum absolute atomic E-state index is 0.105. The first-order valence-electron chi connectivity index (χ1n) is 8.85. The number of benzene rings is 1. The van der Waals surface area contributed by atoms with E-state index in [0.29, 0.717) is 28.5 Å². The number of piperidine rings is 1. The second-order valence-electron chi connectivity index (χ2n) is 6.47. The molecule has 1 atom stereocenters. The van der Waals surface area contributed by atoms with Crippen LogP contribution < -0.4 is 5.32 Å². The first-order chi connectivity index (χ1) is 12.6. The quantitative estimate of drug-likeness (QED) is 0.808. The van der Waals surface area contributed by atoms with Crippen molar-refractivity contribution < 1.29 is 9.21 Å². The van der Waals surface area contributed by atoms with E-state index in [1.165, 1.54) is 0 Å². The van der Waals surface area contributed by atoms with Gasteiger partial charge in [0.15, 0.2) is 5.76 Å². The van der Waals surface area contributed by atoms with Crippen LogP contribution >= 0.6 is 23.4 Å². The summed E-state index contributed by atoms with van der Waals surface area (Å²) < 4.78 is 5.81. The highest BCUT2D eigenvalue weighted by molar-refractivity contribution is 7.99. The number of rotatable bonds is 6. The van der Waals surface area contributed by atoms with Crippen molar-refractivity contribution in [2.45, 2.75) is 36.8 Å². The number of nitrogens with zero attached hydrogens (tertiary/aromatic N) is 2. The number of carbonyl (C=O) groups excluding carboxylic acids is 1. The summed E-state index contributed by atoms with van der Waals surface area (Å²) in [5, 5.41) is 3.87. The monoisotopic (exact) mass is 393 g/mol. The van der Waals surface area contributed by atoms with Crippen molar-refractivity contribution in [2.75, 3.05) is 20.1 Å². The molecule has 1 saturated heterocycles. The van der Waals surface area contributed by atoms with Crippen LogP contribution in [0.2, 0.25) is 5.02 Å². The number of hydrogen-bond acceptors (Lipinski definition) is 5. The van der Waals surface area contributed by atoms with Gasteiger partial charge in [0.25, 0.3) is 0 Å². The molecule has 2 aromatic rings. The number of halogens is 1. The lowest BCUT2D eigenvalue weighted by atomic mass is 10.1. The Morgan fingerprint density at radius 3 is 2.73 bits per heavy atom. The molecule has 0 radical (unpaired) electrons. The summed E-state index contributed by atoms with van der Waals surface area (Å²) in [6, 6.07) is 7.99. The molecule has 1 aliphatic rings. The predicted molar refractivity (Wildman–Crippen MR) is 106 cm³/mol. The maximum atomic E-state index is 12.6. The van der Waals surface area contributed by atoms with Crippen molar-refractivity contribution >= 4 is 29.3 Å². The van der Waals surface area contributed by atoms with Crippen LogP contribution in [-0.2, 0) is 10.5 Å². The molecule has 1 fully saturated rings. The fraction of sp³-hybridized carbons (Fsp3) is 0.474. The molecule has 0 aliphatic carbocycles. The Balaban J connectivity index is 1.51. The number of likely N-dealkylation sites (tertiary alicyclic amines) is 1. The molecule has 0 bridgehead atoms. The van der Waals surface area contributed by atoms with Gasteiger partial charge in [-0.2, -0.15) is 0 Å². The Morgan fingerprint density at radius 2 is 2.08 bits per heavy atom. The molecule has 2 heterocycles. The number of aromatic nitrogens is 1. The molecule has 1 amide bonds. The summed E-state index contributed by atoms with van der Waals surface area (Å²) in [6.45, 7) is 3.62. The molecule has 1 aromatic carbocycles. The van der Waals surface area contributed by atoms with Crippen LogP contribution in [-0.4, -0.2) is 47.2 Å². The fourth-order valence-corrected chi connectivity index (χ4v) is 3.98. The Bertz CT molecular complexity index is 727. The first kappa shape index (κ1) is 19.3. The highest BCUT2D eigenvalue weighted by Gasteiger charge is 2.25. The number of thioether (sulfide) groups is 1. The van der Waals surface area contributed by atoms with E-state index in [0.717, 1.165) is 31.5 Å². The van der Waals surface area contributed by atoms with Crippen LogP contribution in [0, 0.1) is 0 Å². The van der Waals surface area contributed by atoms with Gasteiger partial charge in [-0.1, -0.05) is 11.6 Å². The van der Waals surface area contributed by atoms with Gasteiger partial charge in [0.05, 0.1) is 17.2 Å². The van der Waals surface area contributed by atoms with Gasteiger partial charge in [-0.25, -0.2) is 4.98 Å². The van der Waals surface area contributed by atoms with Crippen molar-refractivity contribution in [1.82, 2.24) is 15.2 Å². The maximum absolute atomic E-state index is 12.6. The van der Waals surface area contributed by atoms with Crippen LogP contribution in [0.1, 0.15) is 25.7 Å². The van der Waals surface area contributed by atoms with Crippen LogP contribution in [0.3, 0.4) is 0 Å². The van der Waals surface area contributed by atoms with E-state index in [2.05, 4.69) is 10.3 Å². The van der Waals surface area contributed by atoms with Gasteiger partial charge >= 0.3 is 0 Å². The third-order valence-electron chi connectivity index (χ3n) is 4.70. The van der Waals surface area contributed by atoms with Gasteiger partial charge in [0, 0.05) is 29.7 Å². The second kappa shape index (κ2) is 8.93. The molecule has 1 unspecified atom stereocenters. The van der Waals surface area contributed by atoms with Crippen molar-refractivity contribution in [1.29, 1.82) is 0 Å². The summed E-state index contributed by atoms with van der Waals surface area (Å²) in [7, 11) is 1.98. The van der Waals surface area contributed by atoms with E-state index < -0.39 is 0 Å². The molecule has 3 rings (SSSR count). The molecule has 5 nitrogen and oxygen atoms in total. The minimum atomic E-state index is -0.105. The molecule has 1 aromatic heterocycles. The van der Waals surface area contributed by atoms with Gasteiger partial charge in [-0.05, 0) is 51.1 Å². The zero-order valence-electron chi connectivity index (χ0n) is 15.1. The third-order valence-corrected chi connectivity index (χ3v) is 6.07. The smallest absolute Gasteiger partial charge is 0.235 e. The number of amides is 1. The lowest BCUT2D eigenvalue weighted by Crippen LogP contribution is -2.46. The zero-order chi connectivity index (χ0) is 18.5. The lowest BCUT2D eigenvalue weighted by Gasteiger charge is -2.33. The SMILES string of the molecule is CNC1CCN(C(=O)C(C)SCc2ncc(-c3ccc(Cl)cc3)o2)CC1. The van der Waals surface area contributed by atoms with E-state index in [4.69, 9.17) is 16.0 Å². The first-order valence-corrected chi connectivity index (χ1v) is 10.3. The highest BCUT2D eigenvalue weighted by Crippen LogP contribution is 2.26. The summed E-state index contributed by atoms with van der Waals surface area (Å²) in [6.07, 6.45) is 3.75. The van der Waals surface area contributed by atoms with Crippen molar-refractivity contribution in [3.8, 4) is 11.3 Å². The molecule has 26 heavy (non-hydrogen) atoms. The number of carbonyl (C=O) groups is 1. The molecule has 1 aliphatic heterocycles. The van der Waals surface area contributed by atoms with E-state index in [1.54, 1.807) is 18.0 Å². The van der Waals surface area contributed by atoms with E-state index in [9.17, 15) is 4.79 Å². The van der Waals surface area contributed by atoms with Gasteiger partial charge in [-0.15, -0.1) is 11.8 Å². The second-order valence-corrected chi connectivity index (χ2v) is 8.23. The summed E-state index contributed by atoms with van der Waals surface area (Å²) in [4.78, 5) is 18.9. The Morgan fingerprint density at radius 1 is 1.38 bits per heavy atom. The Labute approximate surface area is 163 Å². The highest BCUT2D eigenvalue weighted by atomic mass is 35.5. The van der Waals surface area contributed by atoms with Crippen LogP contribution in [0.15, 0.2) is 34.9 Å². The number of hydrogen-bond donors (Lipinski definition) is 1. The average Bonchev–Trinajstić information content (AvgIpc) is 3.15. The maximum Gasteiger partial charge on any atom is 0.235 e. The standard InChI is InChI=1S/C19H24ClN3O2S/c1-13(19(24)23-9-7-16(21-2)8-10-23)26-12-18-22-11-17(25-18)14-3-5-15(20)6-4-14/h3-6,11,13,16,21H,7-10,12H2,1-2H3. The van der Waals surface area contributed by atoms with Gasteiger partial charge in [0.2, 0.25) is 11.8 Å². The lowest BCUT2D eigenvalue weighted by molar-refractivity contribution is -0.131. The summed E-state index contributed by atoms with van der Waals surface area (Å²) >= 11 is 7.47. The molecule has 1 N–H and O–H groups in total. The van der Waals surface area contributed by atoms with Gasteiger partial charge < -0.3 is 14.6 Å². The molecular weight excluding hydrogens is 370 g/mol. The Kier molecular flexibility index (Phi) is 6.62. The third kappa shape index (κ3) is 4.81. The van der Waals surface area contributed by atoms with Crippen molar-refractivity contribution in [2.24, 2.45) is 0 Å². The topological polar surface area (TPSA) is 58.4 Å². The Hall–Kier alpha value is -1.50. The predicted octanol–water partition coefficient (Wildman–Crippen LogP) is 3.83. The van der Waals surface area contributed by atoms with Crippen LogP contribution in [0.5, 0.6) is 0 Å². The zero-order valence-corrected chi connectivity index (χ0v) is 16.6. The minimum Gasteiger partial charge on any atom is -0.440 e. The summed E-state index contributed by atoms with van der Waals surface area (Å²) in [5.41, 5.74) is 0.940. The van der Waals surface area contributed by atoms with Gasteiger partial charge in [-0.3, -0.25) is 4.79 Å². The number of oxazole rings is 1. The van der Waals surface area contributed by atoms with Crippen LogP contribution in [0.25, 0.3) is 11.3 Å². The van der Waals surface area contributed by atoms with E-state index >= 15 is 0 Å². The number of nitrogens with one attached hydrogen (secondary N) is 1. The van der Waals surface area contributed by atoms with Crippen molar-refractivity contribution in [3.63, 3.8) is 0 Å². The molecule has 7 heteroatoms. The fourth-order valence-electron chi connectivity index (χ4n) is 3.04. The van der Waals surface area contributed by atoms with Gasteiger partial charge in [0.1, 0.15) is 0 Å². The average molecular weight is 394 g/mol. The molecule has 0 saturated carbocycles. The summed E-state index contributed by atoms with van der Waals surface area (Å²) in [5.74, 6) is 2.13. The molecular formula is C19H24ClN3O2S. The molecule has 140 valence electrons.